The van der Waals surface area contributed by atoms with Crippen LogP contribution in [0.3, 0.4) is 0 Å². The minimum atomic E-state index is 0.371. The van der Waals surface area contributed by atoms with Crippen molar-refractivity contribution in [2.45, 2.75) is 39.5 Å². The summed E-state index contributed by atoms with van der Waals surface area (Å²) in [6, 6.07) is 9.95. The SMILES string of the molecule is CC[C@@H](C)NCc1cc(Br)c(OCc2ccc(Cl)c(Cl)c2)c(OC)c1. The second-order valence-corrected chi connectivity index (χ2v) is 7.51. The van der Waals surface area contributed by atoms with Crippen LogP contribution >= 0.6 is 39.1 Å². The van der Waals surface area contributed by atoms with Gasteiger partial charge in [0.15, 0.2) is 11.5 Å². The topological polar surface area (TPSA) is 30.5 Å². The van der Waals surface area contributed by atoms with E-state index < -0.39 is 0 Å². The van der Waals surface area contributed by atoms with Crippen LogP contribution in [0, 0.1) is 0 Å². The molecule has 0 aliphatic rings. The Morgan fingerprint density at radius 3 is 2.52 bits per heavy atom. The highest BCUT2D eigenvalue weighted by molar-refractivity contribution is 9.10. The van der Waals surface area contributed by atoms with Gasteiger partial charge in [-0.15, -0.1) is 0 Å². The molecular formula is C19H22BrCl2NO2. The highest BCUT2D eigenvalue weighted by atomic mass is 79.9. The predicted octanol–water partition coefficient (Wildman–Crippen LogP) is 6.23. The van der Waals surface area contributed by atoms with Crippen LogP contribution in [0.25, 0.3) is 0 Å². The van der Waals surface area contributed by atoms with Crippen molar-refractivity contribution in [1.82, 2.24) is 5.32 Å². The monoisotopic (exact) mass is 445 g/mol. The molecule has 2 rings (SSSR count). The van der Waals surface area contributed by atoms with E-state index in [-0.39, 0.29) is 0 Å². The maximum Gasteiger partial charge on any atom is 0.175 e. The smallest absolute Gasteiger partial charge is 0.175 e. The van der Waals surface area contributed by atoms with Gasteiger partial charge in [0, 0.05) is 12.6 Å². The summed E-state index contributed by atoms with van der Waals surface area (Å²) in [5.41, 5.74) is 2.07. The fraction of sp³-hybridized carbons (Fsp3) is 0.368. The molecule has 0 aliphatic carbocycles. The minimum absolute atomic E-state index is 0.371. The molecule has 0 bridgehead atoms. The van der Waals surface area contributed by atoms with Gasteiger partial charge >= 0.3 is 0 Å². The summed E-state index contributed by atoms with van der Waals surface area (Å²) in [5, 5.41) is 4.52. The van der Waals surface area contributed by atoms with E-state index in [2.05, 4.69) is 35.1 Å². The van der Waals surface area contributed by atoms with Crippen molar-refractivity contribution in [3.05, 3.63) is 56.0 Å². The van der Waals surface area contributed by atoms with Crippen molar-refractivity contribution >= 4 is 39.1 Å². The predicted molar refractivity (Wildman–Crippen MR) is 108 cm³/mol. The van der Waals surface area contributed by atoms with Crippen LogP contribution in [0.15, 0.2) is 34.8 Å². The fourth-order valence-corrected chi connectivity index (χ4v) is 3.16. The highest BCUT2D eigenvalue weighted by Gasteiger charge is 2.13. The van der Waals surface area contributed by atoms with Gasteiger partial charge in [0.25, 0.3) is 0 Å². The Hall–Kier alpha value is -0.940. The molecule has 0 spiro atoms. The van der Waals surface area contributed by atoms with Crippen LogP contribution in [0.2, 0.25) is 10.0 Å². The molecule has 136 valence electrons. The van der Waals surface area contributed by atoms with Gasteiger partial charge in [0.1, 0.15) is 6.61 Å². The van der Waals surface area contributed by atoms with Crippen LogP contribution in [0.1, 0.15) is 31.4 Å². The zero-order valence-electron chi connectivity index (χ0n) is 14.5. The average Bonchev–Trinajstić information content (AvgIpc) is 2.61. The summed E-state index contributed by atoms with van der Waals surface area (Å²) < 4.78 is 12.3. The number of hydrogen-bond acceptors (Lipinski definition) is 3. The second-order valence-electron chi connectivity index (χ2n) is 5.84. The Kier molecular flexibility index (Phi) is 7.88. The fourth-order valence-electron chi connectivity index (χ4n) is 2.24. The Bertz CT molecular complexity index is 725. The second kappa shape index (κ2) is 9.67. The third-order valence-electron chi connectivity index (χ3n) is 3.92. The summed E-state index contributed by atoms with van der Waals surface area (Å²) in [7, 11) is 1.64. The number of ether oxygens (including phenoxy) is 2. The molecule has 0 unspecified atom stereocenters. The van der Waals surface area contributed by atoms with E-state index in [0.717, 1.165) is 28.6 Å². The largest absolute Gasteiger partial charge is 0.493 e. The van der Waals surface area contributed by atoms with E-state index in [1.54, 1.807) is 19.2 Å². The first-order valence-electron chi connectivity index (χ1n) is 8.11. The summed E-state index contributed by atoms with van der Waals surface area (Å²) in [5.74, 6) is 1.36. The normalized spacial score (nSPS) is 12.1. The van der Waals surface area contributed by atoms with Crippen molar-refractivity contribution in [1.29, 1.82) is 0 Å². The molecule has 0 aliphatic heterocycles. The number of methoxy groups -OCH3 is 1. The molecule has 0 heterocycles. The van der Waals surface area contributed by atoms with E-state index in [1.165, 1.54) is 0 Å². The Morgan fingerprint density at radius 2 is 1.88 bits per heavy atom. The molecule has 2 aromatic rings. The van der Waals surface area contributed by atoms with E-state index in [1.807, 2.05) is 18.2 Å². The minimum Gasteiger partial charge on any atom is -0.493 e. The summed E-state index contributed by atoms with van der Waals surface area (Å²) in [4.78, 5) is 0. The maximum absolute atomic E-state index is 6.05. The van der Waals surface area contributed by atoms with Crippen molar-refractivity contribution in [2.24, 2.45) is 0 Å². The van der Waals surface area contributed by atoms with Gasteiger partial charge < -0.3 is 14.8 Å². The van der Waals surface area contributed by atoms with Crippen LogP contribution in [-0.4, -0.2) is 13.2 Å². The van der Waals surface area contributed by atoms with Gasteiger partial charge in [-0.25, -0.2) is 0 Å². The average molecular weight is 447 g/mol. The standard InChI is InChI=1S/C19H22BrCl2NO2/c1-4-12(2)23-10-14-7-15(20)19(18(9-14)24-3)25-11-13-5-6-16(21)17(22)8-13/h5-9,12,23H,4,10-11H2,1-3H3/t12-/m1/s1. The third kappa shape index (κ3) is 5.78. The zero-order chi connectivity index (χ0) is 18.4. The first kappa shape index (κ1) is 20.4. The van der Waals surface area contributed by atoms with Crippen LogP contribution < -0.4 is 14.8 Å². The van der Waals surface area contributed by atoms with Gasteiger partial charge in [0.2, 0.25) is 0 Å². The lowest BCUT2D eigenvalue weighted by molar-refractivity contribution is 0.282. The molecule has 6 heteroatoms. The lowest BCUT2D eigenvalue weighted by Crippen LogP contribution is -2.24. The van der Waals surface area contributed by atoms with E-state index >= 15 is 0 Å². The molecule has 0 radical (unpaired) electrons. The quantitative estimate of drug-likeness (QED) is 0.521. The number of benzene rings is 2. The molecule has 2 aromatic carbocycles. The summed E-state index contributed by atoms with van der Waals surface area (Å²) in [6.45, 7) is 5.47. The molecule has 0 amide bonds. The molecule has 0 saturated heterocycles. The summed E-state index contributed by atoms with van der Waals surface area (Å²) in [6.07, 6.45) is 1.09. The Balaban J connectivity index is 2.12. The van der Waals surface area contributed by atoms with E-state index in [9.17, 15) is 0 Å². The molecule has 1 atom stereocenters. The van der Waals surface area contributed by atoms with E-state index in [0.29, 0.717) is 34.2 Å². The number of hydrogen-bond donors (Lipinski definition) is 1. The first-order valence-corrected chi connectivity index (χ1v) is 9.66. The van der Waals surface area contributed by atoms with Gasteiger partial charge in [-0.2, -0.15) is 0 Å². The first-order chi connectivity index (χ1) is 11.9. The molecule has 1 N–H and O–H groups in total. The van der Waals surface area contributed by atoms with Gasteiger partial charge in [-0.3, -0.25) is 0 Å². The lowest BCUT2D eigenvalue weighted by Gasteiger charge is -2.16. The Morgan fingerprint density at radius 1 is 1.12 bits per heavy atom. The molecule has 0 saturated carbocycles. The molecule has 3 nitrogen and oxygen atoms in total. The van der Waals surface area contributed by atoms with Crippen molar-refractivity contribution in [3.63, 3.8) is 0 Å². The zero-order valence-corrected chi connectivity index (χ0v) is 17.6. The van der Waals surface area contributed by atoms with Crippen LogP contribution in [-0.2, 0) is 13.2 Å². The van der Waals surface area contributed by atoms with E-state index in [4.69, 9.17) is 32.7 Å². The third-order valence-corrected chi connectivity index (χ3v) is 5.25. The van der Waals surface area contributed by atoms with Gasteiger partial charge in [-0.1, -0.05) is 36.2 Å². The van der Waals surface area contributed by atoms with Crippen molar-refractivity contribution < 1.29 is 9.47 Å². The number of nitrogens with one attached hydrogen (secondary N) is 1. The molecule has 0 aromatic heterocycles. The Labute approximate surface area is 167 Å². The maximum atomic E-state index is 6.05. The van der Waals surface area contributed by atoms with Crippen molar-refractivity contribution in [3.8, 4) is 11.5 Å². The lowest BCUT2D eigenvalue weighted by atomic mass is 10.1. The van der Waals surface area contributed by atoms with Gasteiger partial charge in [0.05, 0.1) is 21.6 Å². The van der Waals surface area contributed by atoms with Crippen LogP contribution in [0.4, 0.5) is 0 Å². The number of rotatable bonds is 8. The van der Waals surface area contributed by atoms with Gasteiger partial charge in [-0.05, 0) is 64.7 Å². The molecule has 0 fully saturated rings. The van der Waals surface area contributed by atoms with Crippen molar-refractivity contribution in [2.75, 3.05) is 7.11 Å². The highest BCUT2D eigenvalue weighted by Crippen LogP contribution is 2.37. The van der Waals surface area contributed by atoms with Crippen LogP contribution in [0.5, 0.6) is 11.5 Å². The number of halogens is 3. The molecule has 25 heavy (non-hydrogen) atoms. The molecular weight excluding hydrogens is 425 g/mol. The summed E-state index contributed by atoms with van der Waals surface area (Å²) >= 11 is 15.6.